The number of ether oxygens (including phenoxy) is 1. The summed E-state index contributed by atoms with van der Waals surface area (Å²) in [7, 11) is 3.53. The number of halogens is 1. The van der Waals surface area contributed by atoms with E-state index in [1.54, 1.807) is 23.6 Å². The van der Waals surface area contributed by atoms with Gasteiger partial charge in [-0.25, -0.2) is 0 Å². The molecule has 0 saturated heterocycles. The monoisotopic (exact) mass is 282 g/mol. The molecule has 0 aliphatic heterocycles. The molecule has 3 nitrogen and oxygen atoms in total. The van der Waals surface area contributed by atoms with Gasteiger partial charge in [-0.15, -0.1) is 11.8 Å². The fourth-order valence-corrected chi connectivity index (χ4v) is 2.97. The predicted molar refractivity (Wildman–Crippen MR) is 75.5 cm³/mol. The summed E-state index contributed by atoms with van der Waals surface area (Å²) < 4.78 is 6.84. The van der Waals surface area contributed by atoms with Crippen LogP contribution in [0.4, 0.5) is 0 Å². The SMILES string of the molecule is COc1ccc(SCc2c(C)nn(C)c2Cl)cc1. The Balaban J connectivity index is 2.06. The van der Waals surface area contributed by atoms with Crippen LogP contribution in [0.1, 0.15) is 11.3 Å². The van der Waals surface area contributed by atoms with E-state index in [1.165, 1.54) is 4.90 Å². The van der Waals surface area contributed by atoms with Crippen LogP contribution in [0.15, 0.2) is 29.2 Å². The molecule has 2 aromatic rings. The molecular weight excluding hydrogens is 268 g/mol. The van der Waals surface area contributed by atoms with Crippen LogP contribution in [-0.2, 0) is 12.8 Å². The van der Waals surface area contributed by atoms with E-state index in [4.69, 9.17) is 16.3 Å². The van der Waals surface area contributed by atoms with Crippen molar-refractivity contribution in [2.75, 3.05) is 7.11 Å². The number of methoxy groups -OCH3 is 1. The summed E-state index contributed by atoms with van der Waals surface area (Å²) in [6, 6.07) is 8.01. The molecule has 0 atom stereocenters. The van der Waals surface area contributed by atoms with Crippen LogP contribution in [0.3, 0.4) is 0 Å². The molecule has 0 spiro atoms. The fourth-order valence-electron chi connectivity index (χ4n) is 1.67. The highest BCUT2D eigenvalue weighted by molar-refractivity contribution is 7.98. The maximum absolute atomic E-state index is 6.20. The van der Waals surface area contributed by atoms with E-state index >= 15 is 0 Å². The fraction of sp³-hybridized carbons (Fsp3) is 0.308. The summed E-state index contributed by atoms with van der Waals surface area (Å²) in [6.45, 7) is 1.98. The van der Waals surface area contributed by atoms with Gasteiger partial charge in [-0.2, -0.15) is 5.10 Å². The third kappa shape index (κ3) is 2.82. The molecule has 0 aliphatic rings. The third-order valence-corrected chi connectivity index (χ3v) is 4.22. The first kappa shape index (κ1) is 13.3. The number of aryl methyl sites for hydroxylation is 2. The van der Waals surface area contributed by atoms with Crippen LogP contribution in [-0.4, -0.2) is 16.9 Å². The third-order valence-electron chi connectivity index (χ3n) is 2.71. The van der Waals surface area contributed by atoms with Gasteiger partial charge in [-0.3, -0.25) is 4.68 Å². The summed E-state index contributed by atoms with van der Waals surface area (Å²) in [5.74, 6) is 1.69. The van der Waals surface area contributed by atoms with E-state index in [2.05, 4.69) is 5.10 Å². The smallest absolute Gasteiger partial charge is 0.131 e. The van der Waals surface area contributed by atoms with Gasteiger partial charge >= 0.3 is 0 Å². The maximum Gasteiger partial charge on any atom is 0.131 e. The van der Waals surface area contributed by atoms with Crippen molar-refractivity contribution in [2.24, 2.45) is 7.05 Å². The number of benzene rings is 1. The van der Waals surface area contributed by atoms with Crippen LogP contribution >= 0.6 is 23.4 Å². The molecule has 0 saturated carbocycles. The number of hydrogen-bond donors (Lipinski definition) is 0. The van der Waals surface area contributed by atoms with Gasteiger partial charge in [-0.05, 0) is 31.2 Å². The van der Waals surface area contributed by atoms with Crippen molar-refractivity contribution >= 4 is 23.4 Å². The summed E-state index contributed by atoms with van der Waals surface area (Å²) in [5, 5.41) is 5.02. The molecule has 0 unspecified atom stereocenters. The van der Waals surface area contributed by atoms with Gasteiger partial charge in [-0.1, -0.05) is 11.6 Å². The minimum absolute atomic E-state index is 0.716. The second-order valence-corrected chi connectivity index (χ2v) is 5.35. The Bertz CT molecular complexity index is 537. The van der Waals surface area contributed by atoms with E-state index in [0.29, 0.717) is 5.15 Å². The van der Waals surface area contributed by atoms with Crippen molar-refractivity contribution in [1.29, 1.82) is 0 Å². The molecule has 2 rings (SSSR count). The van der Waals surface area contributed by atoms with Gasteiger partial charge in [0.15, 0.2) is 0 Å². The lowest BCUT2D eigenvalue weighted by Crippen LogP contribution is -1.89. The Morgan fingerprint density at radius 2 is 2.00 bits per heavy atom. The molecule has 1 heterocycles. The highest BCUT2D eigenvalue weighted by Gasteiger charge is 2.11. The lowest BCUT2D eigenvalue weighted by Gasteiger charge is -2.03. The summed E-state index contributed by atoms with van der Waals surface area (Å²) in [4.78, 5) is 1.19. The molecule has 0 radical (unpaired) electrons. The summed E-state index contributed by atoms with van der Waals surface area (Å²) in [5.41, 5.74) is 2.09. The number of hydrogen-bond acceptors (Lipinski definition) is 3. The van der Waals surface area contributed by atoms with Crippen molar-refractivity contribution in [3.05, 3.63) is 40.7 Å². The highest BCUT2D eigenvalue weighted by atomic mass is 35.5. The van der Waals surface area contributed by atoms with Gasteiger partial charge < -0.3 is 4.74 Å². The van der Waals surface area contributed by atoms with Gasteiger partial charge in [0.25, 0.3) is 0 Å². The van der Waals surface area contributed by atoms with E-state index in [1.807, 2.05) is 38.2 Å². The lowest BCUT2D eigenvalue weighted by molar-refractivity contribution is 0.414. The Labute approximate surface area is 116 Å². The minimum Gasteiger partial charge on any atom is -0.497 e. The Hall–Kier alpha value is -1.13. The first-order chi connectivity index (χ1) is 8.61. The van der Waals surface area contributed by atoms with Gasteiger partial charge in [0.1, 0.15) is 10.9 Å². The van der Waals surface area contributed by atoms with Gasteiger partial charge in [0, 0.05) is 23.3 Å². The molecule has 0 amide bonds. The molecule has 1 aromatic carbocycles. The Kier molecular flexibility index (Phi) is 4.19. The second kappa shape index (κ2) is 5.67. The number of aromatic nitrogens is 2. The lowest BCUT2D eigenvalue weighted by atomic mass is 10.3. The zero-order chi connectivity index (χ0) is 13.1. The molecule has 0 N–H and O–H groups in total. The molecule has 0 fully saturated rings. The molecule has 0 aliphatic carbocycles. The van der Waals surface area contributed by atoms with Crippen LogP contribution in [0, 0.1) is 6.92 Å². The molecule has 1 aromatic heterocycles. The molecule has 5 heteroatoms. The molecule has 0 bridgehead atoms. The van der Waals surface area contributed by atoms with Crippen molar-refractivity contribution < 1.29 is 4.74 Å². The Morgan fingerprint density at radius 1 is 1.33 bits per heavy atom. The van der Waals surface area contributed by atoms with Crippen molar-refractivity contribution in [3.8, 4) is 5.75 Å². The topological polar surface area (TPSA) is 27.1 Å². The zero-order valence-electron chi connectivity index (χ0n) is 10.6. The minimum atomic E-state index is 0.716. The van der Waals surface area contributed by atoms with Gasteiger partial charge in [0.2, 0.25) is 0 Å². The first-order valence-electron chi connectivity index (χ1n) is 5.56. The van der Waals surface area contributed by atoms with Crippen LogP contribution in [0.25, 0.3) is 0 Å². The normalized spacial score (nSPS) is 10.7. The summed E-state index contributed by atoms with van der Waals surface area (Å²) in [6.07, 6.45) is 0. The molecular formula is C13H15ClN2OS. The second-order valence-electron chi connectivity index (χ2n) is 3.94. The quantitative estimate of drug-likeness (QED) is 0.801. The average Bonchev–Trinajstić information content (AvgIpc) is 2.62. The van der Waals surface area contributed by atoms with Crippen LogP contribution in [0.2, 0.25) is 5.15 Å². The first-order valence-corrected chi connectivity index (χ1v) is 6.93. The maximum atomic E-state index is 6.20. The average molecular weight is 283 g/mol. The van der Waals surface area contributed by atoms with Gasteiger partial charge in [0.05, 0.1) is 12.8 Å². The van der Waals surface area contributed by atoms with Crippen molar-refractivity contribution in [1.82, 2.24) is 9.78 Å². The van der Waals surface area contributed by atoms with E-state index in [-0.39, 0.29) is 0 Å². The summed E-state index contributed by atoms with van der Waals surface area (Å²) >= 11 is 7.94. The van der Waals surface area contributed by atoms with Crippen molar-refractivity contribution in [2.45, 2.75) is 17.6 Å². The molecule has 18 heavy (non-hydrogen) atoms. The number of nitrogens with zero attached hydrogens (tertiary/aromatic N) is 2. The van der Waals surface area contributed by atoms with E-state index in [0.717, 1.165) is 22.8 Å². The largest absolute Gasteiger partial charge is 0.497 e. The van der Waals surface area contributed by atoms with E-state index in [9.17, 15) is 0 Å². The van der Waals surface area contributed by atoms with E-state index < -0.39 is 0 Å². The van der Waals surface area contributed by atoms with Crippen LogP contribution < -0.4 is 4.74 Å². The Morgan fingerprint density at radius 3 is 2.50 bits per heavy atom. The van der Waals surface area contributed by atoms with Crippen molar-refractivity contribution in [3.63, 3.8) is 0 Å². The molecule has 96 valence electrons. The number of thioether (sulfide) groups is 1. The zero-order valence-corrected chi connectivity index (χ0v) is 12.2. The predicted octanol–water partition coefficient (Wildman–Crippen LogP) is 3.68. The highest BCUT2D eigenvalue weighted by Crippen LogP contribution is 2.29. The number of rotatable bonds is 4. The van der Waals surface area contributed by atoms with Crippen LogP contribution in [0.5, 0.6) is 5.75 Å². The standard InChI is InChI=1S/C13H15ClN2OS/c1-9-12(13(14)16(2)15-9)8-18-11-6-4-10(17-3)5-7-11/h4-7H,8H2,1-3H3.